The number of hydrogen-bond donors (Lipinski definition) is 1. The lowest BCUT2D eigenvalue weighted by atomic mass is 10.0. The van der Waals surface area contributed by atoms with Crippen molar-refractivity contribution in [2.75, 3.05) is 13.1 Å². The average molecular weight is 424 g/mol. The second kappa shape index (κ2) is 12.7. The Kier molecular flexibility index (Phi) is 11.1. The van der Waals surface area contributed by atoms with Crippen molar-refractivity contribution in [2.24, 2.45) is 17.6 Å². The Balaban J connectivity index is 0.000000300. The summed E-state index contributed by atoms with van der Waals surface area (Å²) in [6, 6.07) is -0.585. The fraction of sp³-hybridized carbons (Fsp3) is 0.826. The molecule has 2 aliphatic rings. The number of nitrogens with zero attached hydrogens (tertiary/aromatic N) is 2. The molecule has 7 heteroatoms. The molecular weight excluding hydrogens is 382 g/mol. The summed E-state index contributed by atoms with van der Waals surface area (Å²) in [6.07, 6.45) is 6.91. The number of amides is 3. The van der Waals surface area contributed by atoms with Gasteiger partial charge in [0.2, 0.25) is 17.7 Å². The standard InChI is InChI=1S/C12H21NO2.C11H20N2O2/c1-4-6-10-7-12(15)13(8-10)11(5-2)9(3)14;1-3-5-8-6-10(14)13(7-8)9(4-2)11(12)15/h10-11H,4-8H2,1-3H3;8-9H,3-7H2,1-2H3,(H2,12,15)/t10-,11?;8-,9?/m11/s1. The van der Waals surface area contributed by atoms with Gasteiger partial charge in [-0.2, -0.15) is 0 Å². The molecule has 0 aromatic carbocycles. The highest BCUT2D eigenvalue weighted by molar-refractivity contribution is 5.89. The lowest BCUT2D eigenvalue weighted by Gasteiger charge is -2.24. The normalized spacial score (nSPS) is 23.2. The van der Waals surface area contributed by atoms with Crippen molar-refractivity contribution < 1.29 is 19.2 Å². The molecule has 2 aliphatic heterocycles. The number of likely N-dealkylation sites (tertiary alicyclic amines) is 2. The molecule has 0 spiro atoms. The zero-order valence-corrected chi connectivity index (χ0v) is 19.5. The summed E-state index contributed by atoms with van der Waals surface area (Å²) in [5, 5.41) is 0. The number of carbonyl (C=O) groups excluding carboxylic acids is 4. The van der Waals surface area contributed by atoms with Crippen LogP contribution in [0.5, 0.6) is 0 Å². The predicted octanol–water partition coefficient (Wildman–Crippen LogP) is 2.90. The van der Waals surface area contributed by atoms with Crippen LogP contribution in [0.15, 0.2) is 0 Å². The number of carbonyl (C=O) groups is 4. The van der Waals surface area contributed by atoms with Gasteiger partial charge in [-0.25, -0.2) is 0 Å². The Morgan fingerprint density at radius 1 is 0.867 bits per heavy atom. The molecule has 2 heterocycles. The predicted molar refractivity (Wildman–Crippen MR) is 117 cm³/mol. The van der Waals surface area contributed by atoms with E-state index in [9.17, 15) is 19.2 Å². The van der Waals surface area contributed by atoms with Crippen LogP contribution in [0.4, 0.5) is 0 Å². The summed E-state index contributed by atoms with van der Waals surface area (Å²) in [7, 11) is 0. The molecule has 7 nitrogen and oxygen atoms in total. The van der Waals surface area contributed by atoms with Gasteiger partial charge in [-0.1, -0.05) is 40.5 Å². The third kappa shape index (κ3) is 7.10. The maximum absolute atomic E-state index is 11.7. The van der Waals surface area contributed by atoms with Gasteiger partial charge in [-0.15, -0.1) is 0 Å². The molecule has 0 saturated carbocycles. The van der Waals surface area contributed by atoms with Crippen molar-refractivity contribution in [3.8, 4) is 0 Å². The van der Waals surface area contributed by atoms with E-state index in [4.69, 9.17) is 5.73 Å². The number of ketones is 1. The number of Topliss-reactive ketones (excluding diaryl/α,β-unsaturated/α-hetero) is 1. The third-order valence-corrected chi connectivity index (χ3v) is 6.19. The highest BCUT2D eigenvalue weighted by Crippen LogP contribution is 2.26. The van der Waals surface area contributed by atoms with Crippen LogP contribution >= 0.6 is 0 Å². The molecule has 0 aliphatic carbocycles. The smallest absolute Gasteiger partial charge is 0.240 e. The van der Waals surface area contributed by atoms with E-state index >= 15 is 0 Å². The molecular formula is C23H41N3O4. The lowest BCUT2D eigenvalue weighted by Crippen LogP contribution is -2.45. The Bertz CT molecular complexity index is 555. The monoisotopic (exact) mass is 423 g/mol. The average Bonchev–Trinajstić information content (AvgIpc) is 3.20. The zero-order chi connectivity index (χ0) is 22.8. The van der Waals surface area contributed by atoms with Gasteiger partial charge >= 0.3 is 0 Å². The van der Waals surface area contributed by atoms with E-state index in [0.717, 1.165) is 38.6 Å². The first-order chi connectivity index (χ1) is 14.2. The quantitative estimate of drug-likeness (QED) is 0.584. The van der Waals surface area contributed by atoms with Gasteiger partial charge in [-0.05, 0) is 44.4 Å². The van der Waals surface area contributed by atoms with Crippen molar-refractivity contribution in [3.63, 3.8) is 0 Å². The molecule has 0 radical (unpaired) electrons. The molecule has 0 bridgehead atoms. The molecule has 172 valence electrons. The summed E-state index contributed by atoms with van der Waals surface area (Å²) >= 11 is 0. The molecule has 2 saturated heterocycles. The van der Waals surface area contributed by atoms with Gasteiger partial charge in [0.1, 0.15) is 6.04 Å². The highest BCUT2D eigenvalue weighted by Gasteiger charge is 2.36. The summed E-state index contributed by atoms with van der Waals surface area (Å²) in [5.41, 5.74) is 5.28. The van der Waals surface area contributed by atoms with Gasteiger partial charge in [0.25, 0.3) is 0 Å². The fourth-order valence-electron chi connectivity index (χ4n) is 4.73. The van der Waals surface area contributed by atoms with Gasteiger partial charge in [0.15, 0.2) is 5.78 Å². The first-order valence-corrected chi connectivity index (χ1v) is 11.6. The van der Waals surface area contributed by atoms with Crippen LogP contribution in [-0.4, -0.2) is 58.5 Å². The minimum absolute atomic E-state index is 0.0825. The Labute approximate surface area is 181 Å². The number of nitrogens with two attached hydrogens (primary N) is 1. The van der Waals surface area contributed by atoms with Gasteiger partial charge < -0.3 is 15.5 Å². The topological polar surface area (TPSA) is 101 Å². The molecule has 2 rings (SSSR count). The van der Waals surface area contributed by atoms with E-state index in [1.54, 1.807) is 16.7 Å². The number of primary amides is 1. The lowest BCUT2D eigenvalue weighted by molar-refractivity contribution is -0.136. The van der Waals surface area contributed by atoms with Gasteiger partial charge in [0, 0.05) is 25.9 Å². The molecule has 4 atom stereocenters. The Hall–Kier alpha value is -1.92. The summed E-state index contributed by atoms with van der Waals surface area (Å²) in [6.45, 7) is 11.2. The molecule has 30 heavy (non-hydrogen) atoms. The molecule has 2 N–H and O–H groups in total. The van der Waals surface area contributed by atoms with Crippen molar-refractivity contribution in [1.82, 2.24) is 9.80 Å². The maximum atomic E-state index is 11.7. The van der Waals surface area contributed by atoms with Crippen molar-refractivity contribution in [1.29, 1.82) is 0 Å². The van der Waals surface area contributed by atoms with Crippen molar-refractivity contribution in [2.45, 2.75) is 98.1 Å². The van der Waals surface area contributed by atoms with E-state index in [2.05, 4.69) is 13.8 Å². The highest BCUT2D eigenvalue weighted by atomic mass is 16.2. The first-order valence-electron chi connectivity index (χ1n) is 11.6. The SMILES string of the molecule is CCC[C@@H]1CC(=O)N(C(CC)C(C)=O)C1.CCC[C@@H]1CC(=O)N(C(CC)C(N)=O)C1. The summed E-state index contributed by atoms with van der Waals surface area (Å²) in [5.74, 6) is 0.854. The molecule has 2 unspecified atom stereocenters. The van der Waals surface area contributed by atoms with Crippen LogP contribution in [0.2, 0.25) is 0 Å². The van der Waals surface area contributed by atoms with Crippen molar-refractivity contribution >= 4 is 23.5 Å². The summed E-state index contributed by atoms with van der Waals surface area (Å²) in [4.78, 5) is 49.4. The first kappa shape index (κ1) is 26.1. The number of hydrogen-bond acceptors (Lipinski definition) is 4. The third-order valence-electron chi connectivity index (χ3n) is 6.19. The van der Waals surface area contributed by atoms with Crippen LogP contribution < -0.4 is 5.73 Å². The van der Waals surface area contributed by atoms with Gasteiger partial charge in [0.05, 0.1) is 6.04 Å². The molecule has 2 fully saturated rings. The van der Waals surface area contributed by atoms with Crippen LogP contribution in [0.1, 0.15) is 86.0 Å². The van der Waals surface area contributed by atoms with Crippen LogP contribution in [0.25, 0.3) is 0 Å². The zero-order valence-electron chi connectivity index (χ0n) is 19.5. The van der Waals surface area contributed by atoms with E-state index in [1.807, 2.05) is 13.8 Å². The van der Waals surface area contributed by atoms with E-state index < -0.39 is 6.04 Å². The van der Waals surface area contributed by atoms with Crippen LogP contribution in [0.3, 0.4) is 0 Å². The fourth-order valence-corrected chi connectivity index (χ4v) is 4.73. The Morgan fingerprint density at radius 3 is 1.57 bits per heavy atom. The second-order valence-corrected chi connectivity index (χ2v) is 8.67. The summed E-state index contributed by atoms with van der Waals surface area (Å²) < 4.78 is 0. The van der Waals surface area contributed by atoms with Crippen molar-refractivity contribution in [3.05, 3.63) is 0 Å². The molecule has 3 amide bonds. The minimum atomic E-state index is -0.403. The maximum Gasteiger partial charge on any atom is 0.240 e. The number of rotatable bonds is 10. The largest absolute Gasteiger partial charge is 0.368 e. The van der Waals surface area contributed by atoms with Crippen LogP contribution in [-0.2, 0) is 19.2 Å². The Morgan fingerprint density at radius 2 is 1.27 bits per heavy atom. The second-order valence-electron chi connectivity index (χ2n) is 8.67. The van der Waals surface area contributed by atoms with Gasteiger partial charge in [-0.3, -0.25) is 19.2 Å². The van der Waals surface area contributed by atoms with Crippen LogP contribution in [0, 0.1) is 11.8 Å². The van der Waals surface area contributed by atoms with E-state index in [0.29, 0.717) is 37.6 Å². The minimum Gasteiger partial charge on any atom is -0.368 e. The van der Waals surface area contributed by atoms with E-state index in [1.165, 1.54) is 0 Å². The molecule has 0 aromatic rings. The van der Waals surface area contributed by atoms with E-state index in [-0.39, 0.29) is 29.5 Å². The molecule has 0 aromatic heterocycles.